The average molecular weight is 544 g/mol. The van der Waals surface area contributed by atoms with Crippen molar-refractivity contribution in [3.05, 3.63) is 82.2 Å². The molecule has 0 spiro atoms. The zero-order valence-corrected chi connectivity index (χ0v) is 24.4. The number of benzene rings is 1. The Labute approximate surface area is 211 Å². The summed E-state index contributed by atoms with van der Waals surface area (Å²) < 4.78 is 28.3. The molecule has 4 rings (SSSR count). The van der Waals surface area contributed by atoms with Crippen LogP contribution in [0.3, 0.4) is 0 Å². The topological polar surface area (TPSA) is 54.5 Å². The molecule has 3 aliphatic rings. The molecular formula is C25H34CoNO3SSi2. The van der Waals surface area contributed by atoms with E-state index in [1.807, 2.05) is 49.8 Å². The van der Waals surface area contributed by atoms with Gasteiger partial charge in [0.2, 0.25) is 0 Å². The van der Waals surface area contributed by atoms with Crippen LogP contribution in [0.1, 0.15) is 12.0 Å². The van der Waals surface area contributed by atoms with Gasteiger partial charge in [-0.1, -0.05) is 81.3 Å². The van der Waals surface area contributed by atoms with Gasteiger partial charge in [-0.25, -0.2) is 8.42 Å². The van der Waals surface area contributed by atoms with Crippen molar-refractivity contribution in [2.75, 3.05) is 6.54 Å². The number of carbonyl (C=O) groups is 1. The maximum absolute atomic E-state index is 13.4. The first-order valence-corrected chi connectivity index (χ1v) is 19.5. The van der Waals surface area contributed by atoms with E-state index in [-0.39, 0.29) is 22.6 Å². The predicted octanol–water partition coefficient (Wildman–Crippen LogP) is 5.59. The molecule has 1 heterocycles. The molecule has 33 heavy (non-hydrogen) atoms. The van der Waals surface area contributed by atoms with Gasteiger partial charge in [0.05, 0.1) is 26.7 Å². The van der Waals surface area contributed by atoms with Gasteiger partial charge in [0.25, 0.3) is 10.0 Å². The van der Waals surface area contributed by atoms with E-state index in [9.17, 15) is 13.2 Å². The van der Waals surface area contributed by atoms with Crippen molar-refractivity contribution in [2.45, 2.75) is 57.5 Å². The molecule has 8 heteroatoms. The predicted molar refractivity (Wildman–Crippen MR) is 138 cm³/mol. The standard InChI is InChI=1S/C20H29NO3SSi2.C5H5.Co/c1-14-8-10-15(11-9-14)25(23,24)21-13-12-16-17(21)20(27(5,6)7)18(22)19(16)26(2,3)4;1-2-4-5-3-1;/h8-11H,12-13H2,1-7H3;1-5H;. The van der Waals surface area contributed by atoms with Crippen LogP contribution in [0, 0.1) is 13.3 Å². The third-order valence-electron chi connectivity index (χ3n) is 5.76. The summed E-state index contributed by atoms with van der Waals surface area (Å²) in [7, 11) is -7.57. The minimum atomic E-state index is -3.67. The molecule has 0 N–H and O–H groups in total. The molecule has 0 amide bonds. The molecular weight excluding hydrogens is 509 g/mol. The number of rotatable bonds is 4. The Hall–Kier alpha value is -1.46. The minimum Gasteiger partial charge on any atom is -0.290 e. The number of carbonyl (C=O) groups excluding carboxylic acids is 1. The van der Waals surface area contributed by atoms with Crippen LogP contribution in [-0.2, 0) is 31.6 Å². The van der Waals surface area contributed by atoms with E-state index in [0.717, 1.165) is 27.2 Å². The summed E-state index contributed by atoms with van der Waals surface area (Å²) in [5.41, 5.74) is 2.75. The monoisotopic (exact) mass is 543 g/mol. The van der Waals surface area contributed by atoms with Gasteiger partial charge < -0.3 is 0 Å². The van der Waals surface area contributed by atoms with Gasteiger partial charge in [0.15, 0.2) is 5.78 Å². The second kappa shape index (κ2) is 10.0. The Bertz CT molecular complexity index is 1140. The van der Waals surface area contributed by atoms with Crippen LogP contribution < -0.4 is 0 Å². The summed E-state index contributed by atoms with van der Waals surface area (Å²) in [6, 6.07) is 6.97. The summed E-state index contributed by atoms with van der Waals surface area (Å²) in [4.78, 5) is 13.7. The molecule has 0 saturated carbocycles. The van der Waals surface area contributed by atoms with E-state index < -0.39 is 26.2 Å². The van der Waals surface area contributed by atoms with Crippen LogP contribution in [0.2, 0.25) is 39.3 Å². The van der Waals surface area contributed by atoms with Crippen molar-refractivity contribution in [1.29, 1.82) is 0 Å². The van der Waals surface area contributed by atoms with Crippen molar-refractivity contribution in [3.8, 4) is 0 Å². The molecule has 0 unspecified atom stereocenters. The molecule has 0 bridgehead atoms. The summed E-state index contributed by atoms with van der Waals surface area (Å²) in [6.45, 7) is 15.3. The Balaban J connectivity index is 0.000000568. The van der Waals surface area contributed by atoms with Crippen molar-refractivity contribution < 1.29 is 30.0 Å². The summed E-state index contributed by atoms with van der Waals surface area (Å²) in [5, 5.41) is 1.74. The summed E-state index contributed by atoms with van der Waals surface area (Å²) in [6.07, 6.45) is 10.6. The Kier molecular flexibility index (Phi) is 8.45. The summed E-state index contributed by atoms with van der Waals surface area (Å²) >= 11 is 0. The first-order valence-electron chi connectivity index (χ1n) is 11.1. The molecule has 4 nitrogen and oxygen atoms in total. The van der Waals surface area contributed by atoms with Gasteiger partial charge in [-0.05, 0) is 36.2 Å². The molecule has 1 aromatic carbocycles. The number of hydrogen-bond acceptors (Lipinski definition) is 3. The number of aryl methyl sites for hydroxylation is 1. The fourth-order valence-electron chi connectivity index (χ4n) is 4.37. The molecule has 1 fully saturated rings. The van der Waals surface area contributed by atoms with E-state index in [2.05, 4.69) is 39.3 Å². The third kappa shape index (κ3) is 5.62. The fourth-order valence-corrected chi connectivity index (χ4v) is 9.84. The molecule has 1 saturated heterocycles. The van der Waals surface area contributed by atoms with Crippen molar-refractivity contribution in [2.24, 2.45) is 0 Å². The SMILES string of the molecule is Cc1ccc(S(=O)(=O)N2CCC3=C([Si](C)(C)C)C(=O)C([Si](C)(C)C)=C32)cc1.[CH]1C=CC=C1.[Co]. The third-order valence-corrected chi connectivity index (χ3v) is 11.6. The quantitative estimate of drug-likeness (QED) is 0.465. The number of sulfonamides is 1. The number of hydrogen-bond donors (Lipinski definition) is 0. The maximum atomic E-state index is 13.4. The first kappa shape index (κ1) is 27.8. The van der Waals surface area contributed by atoms with E-state index in [1.165, 1.54) is 4.31 Å². The van der Waals surface area contributed by atoms with E-state index in [0.29, 0.717) is 17.9 Å². The van der Waals surface area contributed by atoms with Crippen LogP contribution in [0.5, 0.6) is 0 Å². The van der Waals surface area contributed by atoms with Gasteiger partial charge in [-0.15, -0.1) is 0 Å². The smallest absolute Gasteiger partial charge is 0.264 e. The number of ketones is 1. The van der Waals surface area contributed by atoms with Crippen molar-refractivity contribution in [1.82, 2.24) is 4.31 Å². The van der Waals surface area contributed by atoms with Gasteiger partial charge in [-0.3, -0.25) is 9.10 Å². The maximum Gasteiger partial charge on any atom is 0.264 e. The Morgan fingerprint density at radius 2 is 1.33 bits per heavy atom. The molecule has 1 aliphatic heterocycles. The fraction of sp³-hybridized carbons (Fsp3) is 0.360. The normalized spacial score (nSPS) is 17.9. The first-order chi connectivity index (χ1) is 14.8. The molecule has 180 valence electrons. The van der Waals surface area contributed by atoms with Crippen LogP contribution in [0.4, 0.5) is 0 Å². The molecule has 0 atom stereocenters. The van der Waals surface area contributed by atoms with Crippen molar-refractivity contribution >= 4 is 32.0 Å². The average Bonchev–Trinajstić information content (AvgIpc) is 3.38. The van der Waals surface area contributed by atoms with Gasteiger partial charge >= 0.3 is 0 Å². The Morgan fingerprint density at radius 1 is 0.818 bits per heavy atom. The zero-order chi connectivity index (χ0) is 23.9. The molecule has 2 radical (unpaired) electrons. The van der Waals surface area contributed by atoms with Crippen LogP contribution >= 0.6 is 0 Å². The zero-order valence-electron chi connectivity index (χ0n) is 20.5. The number of Topliss-reactive ketones (excluding diaryl/α,β-unsaturated/α-hetero) is 1. The number of allylic oxidation sites excluding steroid dienone is 7. The molecule has 1 aromatic rings. The van der Waals surface area contributed by atoms with E-state index in [1.54, 1.807) is 12.1 Å². The van der Waals surface area contributed by atoms with Gasteiger partial charge in [-0.2, -0.15) is 0 Å². The second-order valence-corrected chi connectivity index (χ2v) is 22.4. The van der Waals surface area contributed by atoms with Crippen LogP contribution in [0.25, 0.3) is 0 Å². The van der Waals surface area contributed by atoms with Crippen LogP contribution in [-0.4, -0.2) is 41.2 Å². The largest absolute Gasteiger partial charge is 0.290 e. The van der Waals surface area contributed by atoms with Gasteiger partial charge in [0.1, 0.15) is 0 Å². The molecule has 0 aromatic heterocycles. The molecule has 2 aliphatic carbocycles. The number of fused-ring (bicyclic) bond motifs is 1. The second-order valence-electron chi connectivity index (χ2n) is 10.5. The van der Waals surface area contributed by atoms with Gasteiger partial charge in [0, 0.05) is 34.9 Å². The number of nitrogens with zero attached hydrogens (tertiary/aromatic N) is 1. The van der Waals surface area contributed by atoms with Crippen LogP contribution in [0.15, 0.2) is 75.1 Å². The summed E-state index contributed by atoms with van der Waals surface area (Å²) in [5.74, 6) is 0.127. The minimum absolute atomic E-state index is 0. The van der Waals surface area contributed by atoms with E-state index >= 15 is 0 Å². The van der Waals surface area contributed by atoms with E-state index in [4.69, 9.17) is 0 Å². The Morgan fingerprint density at radius 3 is 1.76 bits per heavy atom. The van der Waals surface area contributed by atoms with Crippen molar-refractivity contribution in [3.63, 3.8) is 0 Å².